The van der Waals surface area contributed by atoms with Crippen LogP contribution in [0.1, 0.15) is 19.8 Å². The summed E-state index contributed by atoms with van der Waals surface area (Å²) in [5, 5.41) is 5.11. The number of fused-ring (bicyclic) bond motifs is 1. The van der Waals surface area contributed by atoms with E-state index >= 15 is 0 Å². The van der Waals surface area contributed by atoms with Crippen LogP contribution in [0, 0.1) is 0 Å². The van der Waals surface area contributed by atoms with Crippen LogP contribution in [0.3, 0.4) is 0 Å². The van der Waals surface area contributed by atoms with E-state index in [9.17, 15) is 4.79 Å². The zero-order valence-corrected chi connectivity index (χ0v) is 11.2. The second-order valence-electron chi connectivity index (χ2n) is 4.50. The largest absolute Gasteiger partial charge is 0.484 e. The number of ether oxygens (including phenoxy) is 1. The van der Waals surface area contributed by atoms with Crippen molar-refractivity contribution in [3.63, 3.8) is 0 Å². The molecular formula is C16H19NO2. The lowest BCUT2D eigenvalue weighted by Gasteiger charge is -2.08. The lowest BCUT2D eigenvalue weighted by atomic mass is 10.1. The summed E-state index contributed by atoms with van der Waals surface area (Å²) in [5.74, 6) is 0.658. The molecule has 2 aromatic rings. The fraction of sp³-hybridized carbons (Fsp3) is 0.312. The second kappa shape index (κ2) is 6.78. The van der Waals surface area contributed by atoms with E-state index in [1.807, 2.05) is 36.4 Å². The van der Waals surface area contributed by atoms with Crippen molar-refractivity contribution < 1.29 is 9.53 Å². The van der Waals surface area contributed by atoms with Gasteiger partial charge < -0.3 is 10.1 Å². The molecule has 3 heteroatoms. The molecule has 2 aromatic carbocycles. The number of unbranched alkanes of at least 4 members (excludes halogenated alkanes) is 1. The van der Waals surface area contributed by atoms with Crippen LogP contribution in [0.4, 0.5) is 0 Å². The fourth-order valence-electron chi connectivity index (χ4n) is 1.86. The normalized spacial score (nSPS) is 10.4. The Balaban J connectivity index is 1.89. The predicted octanol–water partition coefficient (Wildman–Crippen LogP) is 3.13. The van der Waals surface area contributed by atoms with Gasteiger partial charge in [0.2, 0.25) is 0 Å². The molecule has 0 bridgehead atoms. The van der Waals surface area contributed by atoms with Gasteiger partial charge in [-0.15, -0.1) is 0 Å². The number of benzene rings is 2. The molecule has 0 fully saturated rings. The van der Waals surface area contributed by atoms with E-state index in [0.717, 1.165) is 30.5 Å². The molecule has 0 atom stereocenters. The molecule has 19 heavy (non-hydrogen) atoms. The van der Waals surface area contributed by atoms with Crippen molar-refractivity contribution >= 4 is 16.7 Å². The first-order chi connectivity index (χ1) is 9.29. The highest BCUT2D eigenvalue weighted by atomic mass is 16.5. The number of carbonyl (C=O) groups excluding carboxylic acids is 1. The third-order valence-electron chi connectivity index (χ3n) is 2.94. The first-order valence-electron chi connectivity index (χ1n) is 6.68. The van der Waals surface area contributed by atoms with Gasteiger partial charge in [-0.1, -0.05) is 43.7 Å². The lowest BCUT2D eigenvalue weighted by Crippen LogP contribution is -2.29. The minimum Gasteiger partial charge on any atom is -0.484 e. The first kappa shape index (κ1) is 13.4. The molecule has 0 aliphatic rings. The maximum absolute atomic E-state index is 11.5. The molecule has 0 unspecified atom stereocenters. The second-order valence-corrected chi connectivity index (χ2v) is 4.50. The van der Waals surface area contributed by atoms with Gasteiger partial charge in [-0.2, -0.15) is 0 Å². The van der Waals surface area contributed by atoms with Crippen LogP contribution in [0.25, 0.3) is 10.8 Å². The number of hydrogen-bond donors (Lipinski definition) is 1. The van der Waals surface area contributed by atoms with Gasteiger partial charge in [-0.05, 0) is 29.3 Å². The van der Waals surface area contributed by atoms with Crippen molar-refractivity contribution in [3.05, 3.63) is 42.5 Å². The van der Waals surface area contributed by atoms with E-state index in [1.54, 1.807) is 0 Å². The minimum atomic E-state index is -0.0680. The molecule has 2 rings (SSSR count). The van der Waals surface area contributed by atoms with Gasteiger partial charge in [-0.25, -0.2) is 0 Å². The molecule has 0 aliphatic carbocycles. The minimum absolute atomic E-state index is 0.0680. The van der Waals surface area contributed by atoms with Crippen LogP contribution in [0.15, 0.2) is 42.5 Å². The third-order valence-corrected chi connectivity index (χ3v) is 2.94. The van der Waals surface area contributed by atoms with Crippen LogP contribution in [-0.2, 0) is 4.79 Å². The average molecular weight is 257 g/mol. The Bertz CT molecular complexity index is 551. The van der Waals surface area contributed by atoms with Crippen LogP contribution < -0.4 is 10.1 Å². The van der Waals surface area contributed by atoms with Crippen molar-refractivity contribution in [2.45, 2.75) is 19.8 Å². The Kier molecular flexibility index (Phi) is 4.78. The molecule has 3 nitrogen and oxygen atoms in total. The highest BCUT2D eigenvalue weighted by molar-refractivity contribution is 5.84. The molecule has 0 heterocycles. The Morgan fingerprint density at radius 1 is 1.16 bits per heavy atom. The molecule has 0 radical (unpaired) electrons. The number of hydrogen-bond acceptors (Lipinski definition) is 2. The summed E-state index contributed by atoms with van der Waals surface area (Å²) >= 11 is 0. The van der Waals surface area contributed by atoms with E-state index in [1.165, 1.54) is 5.39 Å². The standard InChI is InChI=1S/C16H19NO2/c1-2-3-10-17-16(18)12-19-15-9-8-13-6-4-5-7-14(13)11-15/h4-9,11H,2-3,10,12H2,1H3,(H,17,18). The van der Waals surface area contributed by atoms with Crippen molar-refractivity contribution in [2.24, 2.45) is 0 Å². The summed E-state index contributed by atoms with van der Waals surface area (Å²) in [6, 6.07) is 13.9. The Hall–Kier alpha value is -2.03. The van der Waals surface area contributed by atoms with Gasteiger partial charge >= 0.3 is 0 Å². The van der Waals surface area contributed by atoms with Crippen LogP contribution in [-0.4, -0.2) is 19.1 Å². The molecule has 1 amide bonds. The van der Waals surface area contributed by atoms with Gasteiger partial charge in [0.05, 0.1) is 0 Å². The van der Waals surface area contributed by atoms with E-state index in [2.05, 4.69) is 18.3 Å². The average Bonchev–Trinajstić information content (AvgIpc) is 2.45. The summed E-state index contributed by atoms with van der Waals surface area (Å²) in [6.07, 6.45) is 2.08. The molecule has 0 saturated heterocycles. The predicted molar refractivity (Wildman–Crippen MR) is 77.4 cm³/mol. The van der Waals surface area contributed by atoms with Gasteiger partial charge in [0.25, 0.3) is 5.91 Å². The van der Waals surface area contributed by atoms with Gasteiger partial charge in [0.15, 0.2) is 6.61 Å². The Labute approximate surface area is 113 Å². The summed E-state index contributed by atoms with van der Waals surface area (Å²) in [7, 11) is 0. The molecule has 1 N–H and O–H groups in total. The van der Waals surface area contributed by atoms with Crippen LogP contribution in [0.5, 0.6) is 5.75 Å². The highest BCUT2D eigenvalue weighted by Crippen LogP contribution is 2.20. The first-order valence-corrected chi connectivity index (χ1v) is 6.68. The Morgan fingerprint density at radius 3 is 2.74 bits per heavy atom. The number of amides is 1. The molecule has 0 spiro atoms. The summed E-state index contributed by atoms with van der Waals surface area (Å²) in [6.45, 7) is 2.89. The zero-order chi connectivity index (χ0) is 13.5. The molecule has 0 aliphatic heterocycles. The van der Waals surface area contributed by atoms with Gasteiger partial charge in [-0.3, -0.25) is 4.79 Å². The topological polar surface area (TPSA) is 38.3 Å². The van der Waals surface area contributed by atoms with Crippen molar-refractivity contribution in [2.75, 3.05) is 13.2 Å². The maximum atomic E-state index is 11.5. The van der Waals surface area contributed by atoms with Crippen LogP contribution in [0.2, 0.25) is 0 Å². The van der Waals surface area contributed by atoms with E-state index < -0.39 is 0 Å². The SMILES string of the molecule is CCCCNC(=O)COc1ccc2ccccc2c1. The van der Waals surface area contributed by atoms with Gasteiger partial charge in [0, 0.05) is 6.54 Å². The van der Waals surface area contributed by atoms with Crippen molar-refractivity contribution in [3.8, 4) is 5.75 Å². The summed E-state index contributed by atoms with van der Waals surface area (Å²) < 4.78 is 5.49. The monoisotopic (exact) mass is 257 g/mol. The van der Waals surface area contributed by atoms with E-state index in [0.29, 0.717) is 0 Å². The maximum Gasteiger partial charge on any atom is 0.257 e. The molecule has 0 aromatic heterocycles. The quantitative estimate of drug-likeness (QED) is 0.807. The lowest BCUT2D eigenvalue weighted by molar-refractivity contribution is -0.123. The van der Waals surface area contributed by atoms with E-state index in [-0.39, 0.29) is 12.5 Å². The van der Waals surface area contributed by atoms with Crippen molar-refractivity contribution in [1.29, 1.82) is 0 Å². The number of rotatable bonds is 6. The zero-order valence-electron chi connectivity index (χ0n) is 11.2. The molecule has 0 saturated carbocycles. The van der Waals surface area contributed by atoms with E-state index in [4.69, 9.17) is 4.74 Å². The molecule has 100 valence electrons. The summed E-state index contributed by atoms with van der Waals surface area (Å²) in [5.41, 5.74) is 0. The van der Waals surface area contributed by atoms with Crippen molar-refractivity contribution in [1.82, 2.24) is 5.32 Å². The summed E-state index contributed by atoms with van der Waals surface area (Å²) in [4.78, 5) is 11.5. The number of carbonyl (C=O) groups is 1. The smallest absolute Gasteiger partial charge is 0.257 e. The number of nitrogens with one attached hydrogen (secondary N) is 1. The third kappa shape index (κ3) is 3.98. The van der Waals surface area contributed by atoms with Gasteiger partial charge in [0.1, 0.15) is 5.75 Å². The Morgan fingerprint density at radius 2 is 1.95 bits per heavy atom. The molecular weight excluding hydrogens is 238 g/mol. The fourth-order valence-corrected chi connectivity index (χ4v) is 1.86. The van der Waals surface area contributed by atoms with Crippen LogP contribution >= 0.6 is 0 Å². The highest BCUT2D eigenvalue weighted by Gasteiger charge is 2.02.